The maximum absolute atomic E-state index is 14.2. The lowest BCUT2D eigenvalue weighted by Crippen LogP contribution is -2.16. The van der Waals surface area contributed by atoms with E-state index in [9.17, 15) is 4.39 Å². The molecule has 3 rings (SSSR count). The van der Waals surface area contributed by atoms with Crippen LogP contribution in [0.5, 0.6) is 11.5 Å². The van der Waals surface area contributed by atoms with Gasteiger partial charge in [-0.3, -0.25) is 0 Å². The van der Waals surface area contributed by atoms with E-state index in [2.05, 4.69) is 31.5 Å². The van der Waals surface area contributed by atoms with Crippen molar-refractivity contribution in [1.82, 2.24) is 15.4 Å². The molecule has 0 fully saturated rings. The van der Waals surface area contributed by atoms with Crippen LogP contribution in [0.2, 0.25) is 0 Å². The highest BCUT2D eigenvalue weighted by molar-refractivity contribution is 5.73. The first kappa shape index (κ1) is 19.2. The largest absolute Gasteiger partial charge is 0.493 e. The van der Waals surface area contributed by atoms with Gasteiger partial charge in [0, 0.05) is 18.8 Å². The van der Waals surface area contributed by atoms with Crippen molar-refractivity contribution in [3.63, 3.8) is 0 Å². The molecule has 0 aliphatic rings. The number of halogens is 1. The summed E-state index contributed by atoms with van der Waals surface area (Å²) in [5, 5.41) is 6.01. The molecular weight excluding hydrogens is 363 g/mol. The molecule has 1 aromatic heterocycles. The Bertz CT molecular complexity index is 953. The summed E-state index contributed by atoms with van der Waals surface area (Å²) in [4.78, 5) is 8.23. The van der Waals surface area contributed by atoms with Crippen molar-refractivity contribution in [1.29, 1.82) is 0 Å². The predicted octanol–water partition coefficient (Wildman–Crippen LogP) is 3.67. The SMILES string of the molecule is CNNc1ccccc1Nc1nc(Nc2ccc(OC)c(OC)c2)ncc1F. The van der Waals surface area contributed by atoms with Gasteiger partial charge in [0.1, 0.15) is 0 Å². The van der Waals surface area contributed by atoms with Gasteiger partial charge in [0.25, 0.3) is 0 Å². The summed E-state index contributed by atoms with van der Waals surface area (Å²) in [6.07, 6.45) is 1.10. The molecule has 9 heteroatoms. The highest BCUT2D eigenvalue weighted by Crippen LogP contribution is 2.31. The van der Waals surface area contributed by atoms with E-state index in [0.29, 0.717) is 22.9 Å². The van der Waals surface area contributed by atoms with Crippen LogP contribution < -0.4 is 31.0 Å². The first-order valence-corrected chi connectivity index (χ1v) is 8.45. The number of nitrogens with one attached hydrogen (secondary N) is 4. The molecule has 0 aliphatic heterocycles. The Hall–Kier alpha value is -3.59. The molecule has 0 spiro atoms. The molecule has 28 heavy (non-hydrogen) atoms. The predicted molar refractivity (Wildman–Crippen MR) is 107 cm³/mol. The summed E-state index contributed by atoms with van der Waals surface area (Å²) in [5.74, 6) is 0.861. The molecule has 4 N–H and O–H groups in total. The molecule has 2 aromatic carbocycles. The molecule has 3 aromatic rings. The van der Waals surface area contributed by atoms with Gasteiger partial charge in [0.15, 0.2) is 23.1 Å². The van der Waals surface area contributed by atoms with E-state index >= 15 is 0 Å². The Morgan fingerprint density at radius 3 is 2.39 bits per heavy atom. The Morgan fingerprint density at radius 1 is 0.929 bits per heavy atom. The normalized spacial score (nSPS) is 10.3. The lowest BCUT2D eigenvalue weighted by molar-refractivity contribution is 0.355. The van der Waals surface area contributed by atoms with Crippen LogP contribution in [0.4, 0.5) is 33.2 Å². The van der Waals surface area contributed by atoms with Crippen molar-refractivity contribution >= 4 is 28.8 Å². The number of methoxy groups -OCH3 is 2. The van der Waals surface area contributed by atoms with Gasteiger partial charge in [0.2, 0.25) is 5.95 Å². The van der Waals surface area contributed by atoms with Crippen molar-refractivity contribution in [3.8, 4) is 11.5 Å². The third-order valence-electron chi connectivity index (χ3n) is 3.82. The Kier molecular flexibility index (Phi) is 6.07. The smallest absolute Gasteiger partial charge is 0.229 e. The van der Waals surface area contributed by atoms with Crippen molar-refractivity contribution in [2.24, 2.45) is 0 Å². The molecule has 0 atom stereocenters. The summed E-state index contributed by atoms with van der Waals surface area (Å²) in [5.41, 5.74) is 7.89. The van der Waals surface area contributed by atoms with Gasteiger partial charge >= 0.3 is 0 Å². The van der Waals surface area contributed by atoms with E-state index in [-0.39, 0.29) is 11.8 Å². The molecule has 1 heterocycles. The minimum atomic E-state index is -0.572. The molecule has 0 amide bonds. The van der Waals surface area contributed by atoms with E-state index in [0.717, 1.165) is 11.9 Å². The third kappa shape index (κ3) is 4.38. The van der Waals surface area contributed by atoms with Crippen LogP contribution >= 0.6 is 0 Å². The third-order valence-corrected chi connectivity index (χ3v) is 3.82. The van der Waals surface area contributed by atoms with E-state index in [1.807, 2.05) is 24.3 Å². The number of hydrazine groups is 1. The second-order valence-electron chi connectivity index (χ2n) is 5.63. The van der Waals surface area contributed by atoms with Crippen LogP contribution in [0, 0.1) is 5.82 Å². The number of benzene rings is 2. The summed E-state index contributed by atoms with van der Waals surface area (Å²) < 4.78 is 24.7. The molecule has 0 aliphatic carbocycles. The number of anilines is 5. The summed E-state index contributed by atoms with van der Waals surface area (Å²) in [6, 6.07) is 12.6. The van der Waals surface area contributed by atoms with E-state index in [1.54, 1.807) is 39.5 Å². The summed E-state index contributed by atoms with van der Waals surface area (Å²) >= 11 is 0. The van der Waals surface area contributed by atoms with Crippen LogP contribution in [0.15, 0.2) is 48.7 Å². The fraction of sp³-hybridized carbons (Fsp3) is 0.158. The van der Waals surface area contributed by atoms with Gasteiger partial charge in [-0.15, -0.1) is 0 Å². The maximum Gasteiger partial charge on any atom is 0.229 e. The highest BCUT2D eigenvalue weighted by Gasteiger charge is 2.11. The van der Waals surface area contributed by atoms with Gasteiger partial charge in [-0.25, -0.2) is 14.8 Å². The highest BCUT2D eigenvalue weighted by atomic mass is 19.1. The zero-order chi connectivity index (χ0) is 19.9. The minimum absolute atomic E-state index is 0.0447. The summed E-state index contributed by atoms with van der Waals surface area (Å²) in [6.45, 7) is 0. The Balaban J connectivity index is 1.84. The maximum atomic E-state index is 14.2. The standard InChI is InChI=1S/C19H21FN6O2/c1-21-26-15-7-5-4-6-14(15)24-18-13(20)11-22-19(25-18)23-12-8-9-16(27-2)17(10-12)28-3/h4-11,21,26H,1-3H3,(H2,22,23,24,25). The van der Waals surface area contributed by atoms with Crippen LogP contribution in [-0.2, 0) is 0 Å². The number of ether oxygens (including phenoxy) is 2. The monoisotopic (exact) mass is 384 g/mol. The molecule has 8 nitrogen and oxygen atoms in total. The Morgan fingerprint density at radius 2 is 1.68 bits per heavy atom. The zero-order valence-electron chi connectivity index (χ0n) is 15.7. The van der Waals surface area contributed by atoms with Gasteiger partial charge in [0.05, 0.1) is 31.8 Å². The van der Waals surface area contributed by atoms with Crippen LogP contribution in [0.3, 0.4) is 0 Å². The summed E-state index contributed by atoms with van der Waals surface area (Å²) in [7, 11) is 4.86. The van der Waals surface area contributed by atoms with Gasteiger partial charge < -0.3 is 25.5 Å². The molecule has 0 unspecified atom stereocenters. The van der Waals surface area contributed by atoms with Crippen LogP contribution in [-0.4, -0.2) is 31.2 Å². The van der Waals surface area contributed by atoms with Gasteiger partial charge in [-0.1, -0.05) is 12.1 Å². The number of para-hydroxylation sites is 2. The first-order chi connectivity index (χ1) is 13.6. The van der Waals surface area contributed by atoms with Crippen LogP contribution in [0.25, 0.3) is 0 Å². The van der Waals surface area contributed by atoms with Crippen molar-refractivity contribution in [2.45, 2.75) is 0 Å². The molecule has 0 saturated carbocycles. The number of aromatic nitrogens is 2. The van der Waals surface area contributed by atoms with Crippen LogP contribution in [0.1, 0.15) is 0 Å². The zero-order valence-corrected chi connectivity index (χ0v) is 15.7. The van der Waals surface area contributed by atoms with Gasteiger partial charge in [-0.05, 0) is 24.3 Å². The Labute approximate surface area is 162 Å². The van der Waals surface area contributed by atoms with Crippen molar-refractivity contribution < 1.29 is 13.9 Å². The van der Waals surface area contributed by atoms with Gasteiger partial charge in [-0.2, -0.15) is 4.98 Å². The second-order valence-corrected chi connectivity index (χ2v) is 5.63. The van der Waals surface area contributed by atoms with E-state index in [4.69, 9.17) is 9.47 Å². The van der Waals surface area contributed by atoms with Crippen molar-refractivity contribution in [2.75, 3.05) is 37.3 Å². The average Bonchev–Trinajstić information content (AvgIpc) is 2.72. The number of rotatable bonds is 8. The second kappa shape index (κ2) is 8.87. The lowest BCUT2D eigenvalue weighted by atomic mass is 10.2. The quantitative estimate of drug-likeness (QED) is 0.437. The minimum Gasteiger partial charge on any atom is -0.493 e. The lowest BCUT2D eigenvalue weighted by Gasteiger charge is -2.14. The van der Waals surface area contributed by atoms with Crippen molar-refractivity contribution in [3.05, 3.63) is 54.5 Å². The fourth-order valence-corrected chi connectivity index (χ4v) is 2.52. The average molecular weight is 384 g/mol. The molecule has 0 saturated heterocycles. The molecule has 0 bridgehead atoms. The molecular formula is C19H21FN6O2. The number of hydrogen-bond acceptors (Lipinski definition) is 8. The number of nitrogens with zero attached hydrogens (tertiary/aromatic N) is 2. The molecule has 146 valence electrons. The number of hydrogen-bond donors (Lipinski definition) is 4. The molecule has 0 radical (unpaired) electrons. The first-order valence-electron chi connectivity index (χ1n) is 8.45. The van der Waals surface area contributed by atoms with E-state index in [1.165, 1.54) is 0 Å². The fourth-order valence-electron chi connectivity index (χ4n) is 2.52. The van der Waals surface area contributed by atoms with E-state index < -0.39 is 5.82 Å². The topological polar surface area (TPSA) is 92.4 Å².